The molecule has 8 nitrogen and oxygen atoms in total. The highest BCUT2D eigenvalue weighted by Gasteiger charge is 2.23. The Kier molecular flexibility index (Phi) is 7.58. The minimum Gasteiger partial charge on any atom is -0.490 e. The van der Waals surface area contributed by atoms with Crippen molar-refractivity contribution in [2.45, 2.75) is 59.0 Å². The van der Waals surface area contributed by atoms with Crippen LogP contribution in [0.1, 0.15) is 62.4 Å². The molecule has 0 bridgehead atoms. The number of amides is 1. The van der Waals surface area contributed by atoms with Crippen molar-refractivity contribution in [1.82, 2.24) is 14.9 Å². The van der Waals surface area contributed by atoms with Crippen LogP contribution in [-0.2, 0) is 6.54 Å². The molecule has 4 rings (SSSR count). The summed E-state index contributed by atoms with van der Waals surface area (Å²) in [7, 11) is 0. The van der Waals surface area contributed by atoms with Gasteiger partial charge < -0.3 is 19.8 Å². The van der Waals surface area contributed by atoms with E-state index in [0.29, 0.717) is 47.1 Å². The molecular formula is C27H33N3O5. The number of nitrogens with one attached hydrogen (secondary N) is 2. The molecule has 1 aliphatic rings. The standard InChI is InChI=1S/C27H33N3O5/c1-4-34-23-14-20-22(15-24(23)35-5-2)29-27(33)30(26(20)32)16-18-10-12-19(13-11-18)25(31)28-21-9-7-6-8-17(21)3/h10-15,17,21H,4-9,16H2,1-3H3,(H,28,31)(H,29,33)/t17-,21+/m0/s1. The Labute approximate surface area is 204 Å². The van der Waals surface area contributed by atoms with Gasteiger partial charge in [0, 0.05) is 17.7 Å². The van der Waals surface area contributed by atoms with E-state index in [2.05, 4.69) is 17.2 Å². The molecule has 2 N–H and O–H groups in total. The monoisotopic (exact) mass is 479 g/mol. The first-order valence-corrected chi connectivity index (χ1v) is 12.4. The number of carbonyl (C=O) groups is 1. The highest BCUT2D eigenvalue weighted by atomic mass is 16.5. The molecule has 0 unspecified atom stereocenters. The van der Waals surface area contributed by atoms with Gasteiger partial charge in [0.1, 0.15) is 0 Å². The summed E-state index contributed by atoms with van der Waals surface area (Å²) in [6.07, 6.45) is 4.51. The minimum absolute atomic E-state index is 0.0862. The number of nitrogens with zero attached hydrogens (tertiary/aromatic N) is 1. The van der Waals surface area contributed by atoms with Crippen molar-refractivity contribution in [2.24, 2.45) is 5.92 Å². The second-order valence-electron chi connectivity index (χ2n) is 9.07. The van der Waals surface area contributed by atoms with E-state index in [-0.39, 0.29) is 18.5 Å². The number of rotatable bonds is 8. The third kappa shape index (κ3) is 5.42. The molecule has 2 atom stereocenters. The Balaban J connectivity index is 1.57. The lowest BCUT2D eigenvalue weighted by Gasteiger charge is -2.29. The van der Waals surface area contributed by atoms with E-state index in [9.17, 15) is 14.4 Å². The number of benzene rings is 2. The molecule has 0 saturated heterocycles. The third-order valence-electron chi connectivity index (χ3n) is 6.63. The van der Waals surface area contributed by atoms with Crippen LogP contribution < -0.4 is 26.0 Å². The summed E-state index contributed by atoms with van der Waals surface area (Å²) >= 11 is 0. The number of aromatic amines is 1. The van der Waals surface area contributed by atoms with Crippen molar-refractivity contribution in [2.75, 3.05) is 13.2 Å². The molecule has 0 aliphatic heterocycles. The molecule has 1 aromatic heterocycles. The van der Waals surface area contributed by atoms with Gasteiger partial charge in [0.05, 0.1) is 30.7 Å². The fraction of sp³-hybridized carbons (Fsp3) is 0.444. The van der Waals surface area contributed by atoms with Gasteiger partial charge in [-0.2, -0.15) is 0 Å². The van der Waals surface area contributed by atoms with E-state index in [4.69, 9.17) is 9.47 Å². The van der Waals surface area contributed by atoms with Crippen molar-refractivity contribution in [3.63, 3.8) is 0 Å². The number of aromatic nitrogens is 2. The number of fused-ring (bicyclic) bond motifs is 1. The van der Waals surface area contributed by atoms with E-state index >= 15 is 0 Å². The zero-order chi connectivity index (χ0) is 24.9. The van der Waals surface area contributed by atoms with Gasteiger partial charge in [-0.15, -0.1) is 0 Å². The second-order valence-corrected chi connectivity index (χ2v) is 9.07. The van der Waals surface area contributed by atoms with Gasteiger partial charge in [-0.1, -0.05) is 31.9 Å². The molecule has 0 spiro atoms. The van der Waals surface area contributed by atoms with Crippen LogP contribution in [-0.4, -0.2) is 34.7 Å². The van der Waals surface area contributed by atoms with Crippen molar-refractivity contribution in [1.29, 1.82) is 0 Å². The van der Waals surface area contributed by atoms with Gasteiger partial charge in [-0.3, -0.25) is 14.2 Å². The Morgan fingerprint density at radius 3 is 2.34 bits per heavy atom. The van der Waals surface area contributed by atoms with Crippen molar-refractivity contribution in [3.05, 3.63) is 68.4 Å². The maximum absolute atomic E-state index is 13.2. The Hall–Kier alpha value is -3.55. The van der Waals surface area contributed by atoms with Gasteiger partial charge in [0.25, 0.3) is 11.5 Å². The van der Waals surface area contributed by atoms with Crippen LogP contribution in [0.2, 0.25) is 0 Å². The first kappa shape index (κ1) is 24.6. The third-order valence-corrected chi connectivity index (χ3v) is 6.63. The number of H-pyrrole nitrogens is 1. The lowest BCUT2D eigenvalue weighted by molar-refractivity contribution is 0.0910. The van der Waals surface area contributed by atoms with Gasteiger partial charge in [0.15, 0.2) is 11.5 Å². The summed E-state index contributed by atoms with van der Waals surface area (Å²) in [6, 6.07) is 10.5. The van der Waals surface area contributed by atoms with Crippen LogP contribution in [0, 0.1) is 5.92 Å². The average Bonchev–Trinajstić information content (AvgIpc) is 2.85. The summed E-state index contributed by atoms with van der Waals surface area (Å²) < 4.78 is 12.4. The fourth-order valence-electron chi connectivity index (χ4n) is 4.67. The average molecular weight is 480 g/mol. The normalized spacial score (nSPS) is 17.8. The molecule has 1 aliphatic carbocycles. The van der Waals surface area contributed by atoms with Crippen LogP contribution in [0.5, 0.6) is 11.5 Å². The van der Waals surface area contributed by atoms with Crippen molar-refractivity contribution < 1.29 is 14.3 Å². The lowest BCUT2D eigenvalue weighted by Crippen LogP contribution is -2.41. The molecule has 2 aromatic carbocycles. The van der Waals surface area contributed by atoms with Gasteiger partial charge in [-0.05, 0) is 56.4 Å². The van der Waals surface area contributed by atoms with E-state index < -0.39 is 11.2 Å². The number of hydrogen-bond acceptors (Lipinski definition) is 5. The molecule has 3 aromatic rings. The molecule has 1 saturated carbocycles. The van der Waals surface area contributed by atoms with Gasteiger partial charge >= 0.3 is 5.69 Å². The first-order valence-electron chi connectivity index (χ1n) is 12.4. The van der Waals surface area contributed by atoms with E-state index in [0.717, 1.165) is 29.4 Å². The predicted molar refractivity (Wildman–Crippen MR) is 136 cm³/mol. The zero-order valence-electron chi connectivity index (χ0n) is 20.6. The van der Waals surface area contributed by atoms with Crippen LogP contribution in [0.4, 0.5) is 0 Å². The summed E-state index contributed by atoms with van der Waals surface area (Å²) in [4.78, 5) is 41.4. The lowest BCUT2D eigenvalue weighted by atomic mass is 9.86. The molecule has 1 heterocycles. The maximum atomic E-state index is 13.2. The topological polar surface area (TPSA) is 102 Å². The highest BCUT2D eigenvalue weighted by molar-refractivity contribution is 5.94. The smallest absolute Gasteiger partial charge is 0.329 e. The maximum Gasteiger partial charge on any atom is 0.329 e. The molecule has 1 amide bonds. The predicted octanol–water partition coefficient (Wildman–Crippen LogP) is 3.84. The largest absolute Gasteiger partial charge is 0.490 e. The van der Waals surface area contributed by atoms with Gasteiger partial charge in [-0.25, -0.2) is 4.79 Å². The number of carbonyl (C=O) groups excluding carboxylic acids is 1. The van der Waals surface area contributed by atoms with Gasteiger partial charge in [0.2, 0.25) is 0 Å². The van der Waals surface area contributed by atoms with Crippen molar-refractivity contribution in [3.8, 4) is 11.5 Å². The quantitative estimate of drug-likeness (QED) is 0.511. The number of hydrogen-bond donors (Lipinski definition) is 2. The first-order chi connectivity index (χ1) is 16.9. The van der Waals surface area contributed by atoms with Crippen molar-refractivity contribution >= 4 is 16.8 Å². The SMILES string of the molecule is CCOc1cc2[nH]c(=O)n(Cc3ccc(C(=O)N[C@@H]4CCCC[C@@H]4C)cc3)c(=O)c2cc1OCC. The van der Waals surface area contributed by atoms with E-state index in [1.807, 2.05) is 13.8 Å². The highest BCUT2D eigenvalue weighted by Crippen LogP contribution is 2.30. The Morgan fingerprint density at radius 1 is 1.03 bits per heavy atom. The molecule has 1 fully saturated rings. The molecule has 35 heavy (non-hydrogen) atoms. The summed E-state index contributed by atoms with van der Waals surface area (Å²) in [6.45, 7) is 6.82. The molecular weight excluding hydrogens is 446 g/mol. The van der Waals surface area contributed by atoms with E-state index in [1.165, 1.54) is 6.42 Å². The summed E-state index contributed by atoms with van der Waals surface area (Å²) in [5, 5.41) is 3.49. The van der Waals surface area contributed by atoms with Crippen LogP contribution in [0.3, 0.4) is 0 Å². The summed E-state index contributed by atoms with van der Waals surface area (Å²) in [5.41, 5.74) is 0.779. The van der Waals surface area contributed by atoms with Crippen LogP contribution in [0.15, 0.2) is 46.0 Å². The Bertz CT molecular complexity index is 1310. The fourth-order valence-corrected chi connectivity index (χ4v) is 4.67. The second kappa shape index (κ2) is 10.8. The Morgan fingerprint density at radius 2 is 1.69 bits per heavy atom. The summed E-state index contributed by atoms with van der Waals surface area (Å²) in [5.74, 6) is 1.32. The molecule has 0 radical (unpaired) electrons. The number of ether oxygens (including phenoxy) is 2. The van der Waals surface area contributed by atoms with Crippen LogP contribution in [0.25, 0.3) is 10.9 Å². The minimum atomic E-state index is -0.512. The van der Waals surface area contributed by atoms with Crippen LogP contribution >= 0.6 is 0 Å². The zero-order valence-corrected chi connectivity index (χ0v) is 20.6. The molecule has 186 valence electrons. The van der Waals surface area contributed by atoms with E-state index in [1.54, 1.807) is 36.4 Å². The molecule has 8 heteroatoms.